The van der Waals surface area contributed by atoms with Gasteiger partial charge in [-0.05, 0) is 88.3 Å². The number of nitrogens with zero attached hydrogens (tertiary/aromatic N) is 9. The molecule has 3 aromatic heterocycles. The predicted molar refractivity (Wildman–Crippen MR) is 267 cm³/mol. The molecule has 0 aliphatic heterocycles. The second kappa shape index (κ2) is 18.5. The Hall–Kier alpha value is -10.0. The van der Waals surface area contributed by atoms with Gasteiger partial charge in [-0.25, -0.2) is 5.21 Å². The van der Waals surface area contributed by atoms with E-state index >= 15 is 0 Å². The number of nitrogens with one attached hydrogen (secondary N) is 5. The minimum Gasteiger partial charge on any atom is -0.305 e. The maximum atomic E-state index is 8.15. The first-order valence-electron chi connectivity index (χ1n) is 21.9. The first-order chi connectivity index (χ1) is 34.0. The molecule has 8 aromatic carbocycles. The lowest BCUT2D eigenvalue weighted by Gasteiger charge is -2.20. The molecule has 0 atom stereocenters. The molecule has 330 valence electrons. The quantitative estimate of drug-likeness (QED) is 0.0172. The zero-order valence-corrected chi connectivity index (χ0v) is 36.6. The van der Waals surface area contributed by atoms with Gasteiger partial charge in [-0.2, -0.15) is 10.4 Å². The topological polar surface area (TPSA) is 228 Å². The molecular formula is C54H39N15. The molecule has 0 aliphatic carbocycles. The number of H-pyrrole nitrogens is 4. The van der Waals surface area contributed by atoms with Crippen LogP contribution in [0.4, 0.5) is 0 Å². The highest BCUT2D eigenvalue weighted by atomic mass is 15.5. The van der Waals surface area contributed by atoms with Crippen molar-refractivity contribution in [2.45, 2.75) is 0 Å². The average Bonchev–Trinajstić information content (AvgIpc) is 4.16. The molecule has 11 rings (SSSR count). The van der Waals surface area contributed by atoms with Crippen LogP contribution in [-0.2, 0) is 0 Å². The van der Waals surface area contributed by atoms with Gasteiger partial charge in [0.1, 0.15) is 0 Å². The highest BCUT2D eigenvalue weighted by molar-refractivity contribution is 6.05. The number of tetrazole rings is 2. The van der Waals surface area contributed by atoms with Gasteiger partial charge in [-0.15, -0.1) is 30.6 Å². The van der Waals surface area contributed by atoms with E-state index in [1.807, 2.05) is 48.5 Å². The van der Waals surface area contributed by atoms with E-state index in [1.54, 1.807) is 0 Å². The maximum Gasteiger partial charge on any atom is 0.204 e. The molecule has 0 saturated heterocycles. The van der Waals surface area contributed by atoms with Gasteiger partial charge in [-0.1, -0.05) is 199 Å². The summed E-state index contributed by atoms with van der Waals surface area (Å²) < 4.78 is 0. The molecule has 15 heteroatoms. The van der Waals surface area contributed by atoms with Crippen molar-refractivity contribution in [3.05, 3.63) is 222 Å². The molecule has 3 heterocycles. The summed E-state index contributed by atoms with van der Waals surface area (Å²) in [6.45, 7) is 0. The number of hydrogen-bond acceptors (Lipinski definition) is 9. The Morgan fingerprint density at radius 1 is 0.362 bits per heavy atom. The van der Waals surface area contributed by atoms with E-state index in [0.717, 1.165) is 100 Å². The van der Waals surface area contributed by atoms with Crippen LogP contribution in [0.1, 0.15) is 27.8 Å². The summed E-state index contributed by atoms with van der Waals surface area (Å²) in [4.78, 5) is 0. The van der Waals surface area contributed by atoms with E-state index < -0.39 is 0 Å². The summed E-state index contributed by atoms with van der Waals surface area (Å²) in [6, 6.07) is 67.3. The van der Waals surface area contributed by atoms with Crippen LogP contribution in [-0.4, -0.2) is 62.5 Å². The largest absolute Gasteiger partial charge is 0.305 e. The summed E-state index contributed by atoms with van der Waals surface area (Å²) in [5.74, 6) is 7.12. The van der Waals surface area contributed by atoms with Crippen LogP contribution in [0, 0.1) is 5.41 Å². The molecule has 69 heavy (non-hydrogen) atoms. The molecule has 0 amide bonds. The molecule has 0 aliphatic rings. The normalized spacial score (nSPS) is 11.2. The summed E-state index contributed by atoms with van der Waals surface area (Å²) in [5.41, 5.74) is 18.2. The molecule has 0 unspecified atom stereocenters. The number of rotatable bonds is 12. The Morgan fingerprint density at radius 2 is 0.638 bits per heavy atom. The lowest BCUT2D eigenvalue weighted by atomic mass is 9.84. The predicted octanol–water partition coefficient (Wildman–Crippen LogP) is 11.1. The van der Waals surface area contributed by atoms with Gasteiger partial charge < -0.3 is 5.84 Å². The van der Waals surface area contributed by atoms with Crippen molar-refractivity contribution in [1.29, 1.82) is 5.41 Å². The van der Waals surface area contributed by atoms with Crippen molar-refractivity contribution >= 4 is 17.0 Å². The maximum absolute atomic E-state index is 8.15. The van der Waals surface area contributed by atoms with Crippen molar-refractivity contribution in [1.82, 2.24) is 56.7 Å². The van der Waals surface area contributed by atoms with E-state index in [0.29, 0.717) is 17.2 Å². The average molecular weight is 898 g/mol. The molecular weight excluding hydrogens is 859 g/mol. The first kappa shape index (κ1) is 41.7. The summed E-state index contributed by atoms with van der Waals surface area (Å²) in [7, 11) is 0. The fraction of sp³-hybridized carbons (Fsp3) is 0. The van der Waals surface area contributed by atoms with E-state index in [2.05, 4.69) is 213 Å². The smallest absolute Gasteiger partial charge is 0.204 e. The Labute approximate surface area is 394 Å². The lowest BCUT2D eigenvalue weighted by molar-refractivity contribution is 0.779. The first-order valence-corrected chi connectivity index (χ1v) is 21.9. The van der Waals surface area contributed by atoms with E-state index in [1.165, 1.54) is 0 Å². The second-order valence-corrected chi connectivity index (χ2v) is 16.1. The Kier molecular flexibility index (Phi) is 11.1. The molecule has 0 bridgehead atoms. The highest BCUT2D eigenvalue weighted by Gasteiger charge is 2.19. The minimum absolute atomic E-state index is 0.000996. The van der Waals surface area contributed by atoms with Crippen LogP contribution in [0.5, 0.6) is 0 Å². The van der Waals surface area contributed by atoms with Crippen LogP contribution in [0.15, 0.2) is 204 Å². The number of benzene rings is 8. The van der Waals surface area contributed by atoms with Gasteiger partial charge in [0.2, 0.25) is 11.6 Å². The zero-order chi connectivity index (χ0) is 46.5. The van der Waals surface area contributed by atoms with Crippen LogP contribution in [0.25, 0.3) is 89.8 Å². The summed E-state index contributed by atoms with van der Waals surface area (Å²) >= 11 is 0. The standard InChI is InChI=1S/C54H39N15/c55-51(57-64-56)45-25-9-37(10-26-45)33-1-17-41(18-2-33)49(42-19-3-34(4-20-42)38-11-27-46(28-12-38)52-58-65-59-52)50(43-21-5-35(6-22-43)39-13-29-47(30-14-39)53-60-66-67-61-53)44-23-7-36(8-24-44)40-15-31-48(32-16-40)54-62-68-69-63-54/h1-32,65H,(H,58,59)(H3,55,56,57)(H,60,61,66,67)(H,62,63,68,69). The van der Waals surface area contributed by atoms with Crippen LogP contribution in [0.2, 0.25) is 0 Å². The third-order valence-electron chi connectivity index (χ3n) is 12.1. The van der Waals surface area contributed by atoms with Gasteiger partial charge in [0.05, 0.1) is 0 Å². The Bertz CT molecular complexity index is 3400. The van der Waals surface area contributed by atoms with Crippen molar-refractivity contribution in [2.75, 3.05) is 0 Å². The zero-order valence-electron chi connectivity index (χ0n) is 36.6. The molecule has 15 nitrogen and oxygen atoms in total. The fourth-order valence-corrected chi connectivity index (χ4v) is 8.42. The third-order valence-corrected chi connectivity index (χ3v) is 12.1. The fourth-order valence-electron chi connectivity index (χ4n) is 8.42. The van der Waals surface area contributed by atoms with Crippen LogP contribution >= 0.6 is 0 Å². The molecule has 11 aromatic rings. The minimum atomic E-state index is 0.000996. The molecule has 7 N–H and O–H groups in total. The number of nitrogens with two attached hydrogens (primary N) is 1. The highest BCUT2D eigenvalue weighted by Crippen LogP contribution is 2.40. The number of aromatic nitrogens is 11. The Balaban J connectivity index is 1.03. The van der Waals surface area contributed by atoms with Gasteiger partial charge in [0, 0.05) is 22.3 Å². The summed E-state index contributed by atoms with van der Waals surface area (Å²) in [6.07, 6.45) is 0. The monoisotopic (exact) mass is 897 g/mol. The van der Waals surface area contributed by atoms with Crippen molar-refractivity contribution < 1.29 is 0 Å². The van der Waals surface area contributed by atoms with Crippen molar-refractivity contribution in [3.63, 3.8) is 0 Å². The molecule has 0 radical (unpaired) electrons. The number of hydrogen-bond donors (Lipinski definition) is 6. The van der Waals surface area contributed by atoms with Gasteiger partial charge in [0.25, 0.3) is 0 Å². The second-order valence-electron chi connectivity index (χ2n) is 16.1. The van der Waals surface area contributed by atoms with Gasteiger partial charge in [-0.3, -0.25) is 10.5 Å². The third kappa shape index (κ3) is 8.64. The van der Waals surface area contributed by atoms with Crippen molar-refractivity contribution in [2.24, 2.45) is 16.2 Å². The van der Waals surface area contributed by atoms with Gasteiger partial charge >= 0.3 is 0 Å². The van der Waals surface area contributed by atoms with Crippen LogP contribution in [0.3, 0.4) is 0 Å². The molecule has 0 saturated carbocycles. The number of amidine groups is 1. The van der Waals surface area contributed by atoms with Crippen molar-refractivity contribution in [3.8, 4) is 78.7 Å². The molecule has 0 fully saturated rings. The SMILES string of the molecule is N=C(N=NN)c1ccc(-c2ccc(C(=C(c3ccc(-c4ccc(-c5nn[nH]n5)cc4)cc3)c3ccc(-c4ccc(-c5nn[nH]n5)cc4)cc3)c3ccc(-c4ccc(-c5n[nH][nH]5)cc4)cc3)cc2)cc1. The van der Waals surface area contributed by atoms with Gasteiger partial charge in [0.15, 0.2) is 11.7 Å². The molecule has 0 spiro atoms. The Morgan fingerprint density at radius 3 is 0.899 bits per heavy atom. The van der Waals surface area contributed by atoms with E-state index in [-0.39, 0.29) is 5.84 Å². The van der Waals surface area contributed by atoms with E-state index in [9.17, 15) is 0 Å². The lowest BCUT2D eigenvalue weighted by Crippen LogP contribution is -1.99. The number of aromatic amines is 4. The van der Waals surface area contributed by atoms with E-state index in [4.69, 9.17) is 11.3 Å². The van der Waals surface area contributed by atoms with Crippen LogP contribution < -0.4 is 5.84 Å². The summed E-state index contributed by atoms with van der Waals surface area (Å²) in [5, 5.41) is 54.1.